The predicted octanol–water partition coefficient (Wildman–Crippen LogP) is 5.66. The SMILES string of the molecule is COC(=O)CCc1ccc(OCc2ccc(OC)c(-c3c(C)cccc3C)c2)cc1. The van der Waals surface area contributed by atoms with Crippen molar-refractivity contribution in [3.8, 4) is 22.6 Å². The van der Waals surface area contributed by atoms with Crippen molar-refractivity contribution >= 4 is 5.97 Å². The van der Waals surface area contributed by atoms with Crippen LogP contribution in [-0.4, -0.2) is 20.2 Å². The molecule has 0 N–H and O–H groups in total. The van der Waals surface area contributed by atoms with Gasteiger partial charge in [-0.3, -0.25) is 4.79 Å². The molecule has 0 radical (unpaired) electrons. The third kappa shape index (κ3) is 5.20. The molecule has 0 spiro atoms. The van der Waals surface area contributed by atoms with Crippen LogP contribution in [0.5, 0.6) is 11.5 Å². The topological polar surface area (TPSA) is 44.8 Å². The number of benzene rings is 3. The van der Waals surface area contributed by atoms with Gasteiger partial charge in [0, 0.05) is 12.0 Å². The van der Waals surface area contributed by atoms with E-state index in [0.29, 0.717) is 19.4 Å². The van der Waals surface area contributed by atoms with Gasteiger partial charge in [0.25, 0.3) is 0 Å². The summed E-state index contributed by atoms with van der Waals surface area (Å²) >= 11 is 0. The zero-order valence-corrected chi connectivity index (χ0v) is 18.0. The molecule has 3 rings (SSSR count). The molecule has 0 bridgehead atoms. The van der Waals surface area contributed by atoms with Crippen LogP contribution in [0.25, 0.3) is 11.1 Å². The fourth-order valence-electron chi connectivity index (χ4n) is 3.55. The molecule has 0 aliphatic heterocycles. The van der Waals surface area contributed by atoms with Crippen molar-refractivity contribution in [3.63, 3.8) is 0 Å². The number of esters is 1. The van der Waals surface area contributed by atoms with Crippen LogP contribution in [0.1, 0.15) is 28.7 Å². The summed E-state index contributed by atoms with van der Waals surface area (Å²) in [5.74, 6) is 1.45. The fraction of sp³-hybridized carbons (Fsp3) is 0.269. The van der Waals surface area contributed by atoms with Crippen LogP contribution in [-0.2, 0) is 22.6 Å². The highest BCUT2D eigenvalue weighted by atomic mass is 16.5. The molecule has 3 aromatic rings. The van der Waals surface area contributed by atoms with Gasteiger partial charge in [0.15, 0.2) is 0 Å². The van der Waals surface area contributed by atoms with Gasteiger partial charge in [-0.2, -0.15) is 0 Å². The van der Waals surface area contributed by atoms with Gasteiger partial charge in [0.2, 0.25) is 0 Å². The van der Waals surface area contributed by atoms with Gasteiger partial charge in [-0.25, -0.2) is 0 Å². The highest BCUT2D eigenvalue weighted by Gasteiger charge is 2.12. The van der Waals surface area contributed by atoms with Gasteiger partial charge in [-0.1, -0.05) is 36.4 Å². The van der Waals surface area contributed by atoms with Crippen LogP contribution in [0.2, 0.25) is 0 Å². The van der Waals surface area contributed by atoms with Gasteiger partial charge in [-0.05, 0) is 72.4 Å². The van der Waals surface area contributed by atoms with E-state index in [9.17, 15) is 4.79 Å². The number of methoxy groups -OCH3 is 2. The lowest BCUT2D eigenvalue weighted by atomic mass is 9.94. The van der Waals surface area contributed by atoms with Crippen LogP contribution in [0.15, 0.2) is 60.7 Å². The molecular weight excluding hydrogens is 376 g/mol. The number of carbonyl (C=O) groups excluding carboxylic acids is 1. The molecule has 156 valence electrons. The van der Waals surface area contributed by atoms with Crippen molar-refractivity contribution in [2.24, 2.45) is 0 Å². The van der Waals surface area contributed by atoms with E-state index in [1.165, 1.54) is 23.8 Å². The standard InChI is InChI=1S/C26H28O4/c1-18-6-5-7-19(2)26(18)23-16-21(10-14-24(23)28-3)17-30-22-12-8-20(9-13-22)11-15-25(27)29-4/h5-10,12-14,16H,11,15,17H2,1-4H3. The molecule has 4 nitrogen and oxygen atoms in total. The van der Waals surface area contributed by atoms with Crippen LogP contribution in [0.3, 0.4) is 0 Å². The first-order valence-electron chi connectivity index (χ1n) is 10.0. The van der Waals surface area contributed by atoms with E-state index in [1.807, 2.05) is 36.4 Å². The molecule has 0 saturated carbocycles. The smallest absolute Gasteiger partial charge is 0.305 e. The lowest BCUT2D eigenvalue weighted by Crippen LogP contribution is -2.02. The number of aryl methyl sites for hydroxylation is 3. The monoisotopic (exact) mass is 404 g/mol. The summed E-state index contributed by atoms with van der Waals surface area (Å²) in [4.78, 5) is 11.3. The Morgan fingerprint density at radius 2 is 1.53 bits per heavy atom. The highest BCUT2D eigenvalue weighted by molar-refractivity contribution is 5.76. The average molecular weight is 405 g/mol. The maximum atomic E-state index is 11.3. The molecule has 4 heteroatoms. The van der Waals surface area contributed by atoms with Crippen LogP contribution >= 0.6 is 0 Å². The molecule has 0 heterocycles. The molecule has 0 amide bonds. The second kappa shape index (κ2) is 9.97. The minimum absolute atomic E-state index is 0.200. The zero-order chi connectivity index (χ0) is 21.5. The van der Waals surface area contributed by atoms with Crippen LogP contribution in [0.4, 0.5) is 0 Å². The Bertz CT molecular complexity index is 986. The molecule has 0 aliphatic rings. The Hall–Kier alpha value is -3.27. The van der Waals surface area contributed by atoms with Crippen molar-refractivity contribution in [2.75, 3.05) is 14.2 Å². The summed E-state index contributed by atoms with van der Waals surface area (Å²) in [5, 5.41) is 0. The predicted molar refractivity (Wildman–Crippen MR) is 119 cm³/mol. The van der Waals surface area contributed by atoms with E-state index in [1.54, 1.807) is 7.11 Å². The molecule has 0 aliphatic carbocycles. The third-order valence-electron chi connectivity index (χ3n) is 5.19. The van der Waals surface area contributed by atoms with E-state index in [0.717, 1.165) is 28.2 Å². The fourth-order valence-corrected chi connectivity index (χ4v) is 3.55. The van der Waals surface area contributed by atoms with E-state index < -0.39 is 0 Å². The molecule has 0 saturated heterocycles. The third-order valence-corrected chi connectivity index (χ3v) is 5.19. The lowest BCUT2D eigenvalue weighted by molar-refractivity contribution is -0.140. The van der Waals surface area contributed by atoms with Crippen LogP contribution < -0.4 is 9.47 Å². The van der Waals surface area contributed by atoms with E-state index in [2.05, 4.69) is 42.8 Å². The van der Waals surface area contributed by atoms with Crippen LogP contribution in [0, 0.1) is 13.8 Å². The summed E-state index contributed by atoms with van der Waals surface area (Å²) in [5.41, 5.74) is 6.86. The van der Waals surface area contributed by atoms with Gasteiger partial charge in [0.1, 0.15) is 18.1 Å². The minimum atomic E-state index is -0.200. The van der Waals surface area contributed by atoms with Crippen molar-refractivity contribution in [1.29, 1.82) is 0 Å². The van der Waals surface area contributed by atoms with Gasteiger partial charge < -0.3 is 14.2 Å². The molecule has 3 aromatic carbocycles. The van der Waals surface area contributed by atoms with E-state index in [4.69, 9.17) is 9.47 Å². The molecular formula is C26H28O4. The Morgan fingerprint density at radius 1 is 0.867 bits per heavy atom. The summed E-state index contributed by atoms with van der Waals surface area (Å²) in [6.07, 6.45) is 1.04. The first-order valence-corrected chi connectivity index (χ1v) is 10.0. The van der Waals surface area contributed by atoms with Crippen molar-refractivity contribution in [3.05, 3.63) is 82.9 Å². The molecule has 0 unspecified atom stereocenters. The maximum absolute atomic E-state index is 11.3. The highest BCUT2D eigenvalue weighted by Crippen LogP contribution is 2.35. The maximum Gasteiger partial charge on any atom is 0.305 e. The van der Waals surface area contributed by atoms with Crippen molar-refractivity contribution in [1.82, 2.24) is 0 Å². The second-order valence-corrected chi connectivity index (χ2v) is 7.31. The number of carbonyl (C=O) groups is 1. The Balaban J connectivity index is 1.73. The van der Waals surface area contributed by atoms with Gasteiger partial charge in [-0.15, -0.1) is 0 Å². The van der Waals surface area contributed by atoms with Crippen molar-refractivity contribution in [2.45, 2.75) is 33.3 Å². The average Bonchev–Trinajstić information content (AvgIpc) is 2.76. The summed E-state index contributed by atoms with van der Waals surface area (Å²) in [6, 6.07) is 20.3. The number of hydrogen-bond donors (Lipinski definition) is 0. The summed E-state index contributed by atoms with van der Waals surface area (Å²) in [7, 11) is 3.11. The zero-order valence-electron chi connectivity index (χ0n) is 18.0. The first kappa shape index (κ1) is 21.4. The van der Waals surface area contributed by atoms with Crippen molar-refractivity contribution < 1.29 is 19.0 Å². The molecule has 0 atom stereocenters. The van der Waals surface area contributed by atoms with Gasteiger partial charge in [0.05, 0.1) is 14.2 Å². The Kier molecular flexibility index (Phi) is 7.12. The molecule has 0 fully saturated rings. The quantitative estimate of drug-likeness (QED) is 0.454. The van der Waals surface area contributed by atoms with Gasteiger partial charge >= 0.3 is 5.97 Å². The summed E-state index contributed by atoms with van der Waals surface area (Å²) < 4.78 is 16.3. The van der Waals surface area contributed by atoms with E-state index >= 15 is 0 Å². The number of rotatable bonds is 8. The normalized spacial score (nSPS) is 10.5. The largest absolute Gasteiger partial charge is 0.496 e. The molecule has 0 aromatic heterocycles. The Labute approximate surface area is 178 Å². The first-order chi connectivity index (χ1) is 14.5. The Morgan fingerprint density at radius 3 is 2.17 bits per heavy atom. The van der Waals surface area contributed by atoms with E-state index in [-0.39, 0.29) is 5.97 Å². The number of hydrogen-bond acceptors (Lipinski definition) is 4. The second-order valence-electron chi connectivity index (χ2n) is 7.31. The molecule has 30 heavy (non-hydrogen) atoms. The minimum Gasteiger partial charge on any atom is -0.496 e. The summed E-state index contributed by atoms with van der Waals surface area (Å²) in [6.45, 7) is 4.70. The number of ether oxygens (including phenoxy) is 3. The lowest BCUT2D eigenvalue weighted by Gasteiger charge is -2.16.